The number of aliphatic hydroxyl groups is 1. The van der Waals surface area contributed by atoms with Crippen LogP contribution in [-0.4, -0.2) is 18.8 Å². The summed E-state index contributed by atoms with van der Waals surface area (Å²) in [7, 11) is 1.59. The summed E-state index contributed by atoms with van der Waals surface area (Å²) in [6.45, 7) is 0.414. The van der Waals surface area contributed by atoms with Gasteiger partial charge in [0.1, 0.15) is 5.75 Å². The summed E-state index contributed by atoms with van der Waals surface area (Å²) in [5.74, 6) is 0.728. The maximum Gasteiger partial charge on any atom is 0.119 e. The van der Waals surface area contributed by atoms with Gasteiger partial charge in [-0.3, -0.25) is 0 Å². The molecule has 16 heavy (non-hydrogen) atoms. The van der Waals surface area contributed by atoms with E-state index in [0.29, 0.717) is 19.4 Å². The Morgan fingerprint density at radius 1 is 1.56 bits per heavy atom. The molecule has 1 aromatic carbocycles. The van der Waals surface area contributed by atoms with Gasteiger partial charge in [-0.15, -0.1) is 0 Å². The number of ether oxygens (including phenoxy) is 1. The van der Waals surface area contributed by atoms with Crippen molar-refractivity contribution in [2.45, 2.75) is 18.9 Å². The molecule has 0 bridgehead atoms. The minimum absolute atomic E-state index is 0.414. The second kappa shape index (κ2) is 6.71. The lowest BCUT2D eigenvalue weighted by Gasteiger charge is -2.11. The molecule has 0 aromatic heterocycles. The monoisotopic (exact) mass is 221 g/mol. The number of methoxy groups -OCH3 is 1. The first kappa shape index (κ1) is 12.4. The predicted octanol–water partition coefficient (Wildman–Crippen LogP) is 2.82. The van der Waals surface area contributed by atoms with E-state index in [2.05, 4.69) is 10.0 Å². The van der Waals surface area contributed by atoms with Crippen LogP contribution in [-0.2, 0) is 0 Å². The molecule has 0 spiro atoms. The van der Waals surface area contributed by atoms with Crippen LogP contribution in [0.2, 0.25) is 0 Å². The zero-order valence-corrected chi connectivity index (χ0v) is 9.21. The van der Waals surface area contributed by atoms with E-state index in [9.17, 15) is 5.11 Å². The van der Waals surface area contributed by atoms with Crippen molar-refractivity contribution in [3.63, 3.8) is 0 Å². The third-order valence-corrected chi connectivity index (χ3v) is 2.28. The summed E-state index contributed by atoms with van der Waals surface area (Å²) in [4.78, 5) is 2.66. The van der Waals surface area contributed by atoms with Crippen LogP contribution in [0, 0.1) is 0 Å². The van der Waals surface area contributed by atoms with E-state index in [4.69, 9.17) is 10.3 Å². The SMILES string of the molecule is COc1cccc(C(O)CCCN=[N+]=[N-])c1. The fourth-order valence-electron chi connectivity index (χ4n) is 1.42. The number of azide groups is 1. The van der Waals surface area contributed by atoms with Gasteiger partial charge >= 0.3 is 0 Å². The first-order valence-electron chi connectivity index (χ1n) is 5.11. The summed E-state index contributed by atoms with van der Waals surface area (Å²) >= 11 is 0. The highest BCUT2D eigenvalue weighted by Gasteiger charge is 2.07. The van der Waals surface area contributed by atoms with Crippen LogP contribution in [0.1, 0.15) is 24.5 Å². The van der Waals surface area contributed by atoms with E-state index < -0.39 is 6.10 Å². The molecule has 0 saturated carbocycles. The largest absolute Gasteiger partial charge is 0.497 e. The van der Waals surface area contributed by atoms with Crippen LogP contribution < -0.4 is 4.74 Å². The number of hydrogen-bond donors (Lipinski definition) is 1. The van der Waals surface area contributed by atoms with Crippen molar-refractivity contribution < 1.29 is 9.84 Å². The Hall–Kier alpha value is -1.71. The minimum Gasteiger partial charge on any atom is -0.497 e. The van der Waals surface area contributed by atoms with E-state index in [1.54, 1.807) is 13.2 Å². The number of aliphatic hydroxyl groups excluding tert-OH is 1. The molecular formula is C11H15N3O2. The molecule has 0 aliphatic heterocycles. The Balaban J connectivity index is 2.51. The summed E-state index contributed by atoms with van der Waals surface area (Å²) in [5, 5.41) is 13.3. The number of nitrogens with zero attached hydrogens (tertiary/aromatic N) is 3. The molecule has 0 fully saturated rings. The van der Waals surface area contributed by atoms with Gasteiger partial charge < -0.3 is 9.84 Å². The van der Waals surface area contributed by atoms with Gasteiger partial charge in [-0.25, -0.2) is 0 Å². The first-order valence-corrected chi connectivity index (χ1v) is 5.11. The maximum atomic E-state index is 9.85. The smallest absolute Gasteiger partial charge is 0.119 e. The number of benzene rings is 1. The zero-order chi connectivity index (χ0) is 11.8. The van der Waals surface area contributed by atoms with E-state index >= 15 is 0 Å². The summed E-state index contributed by atoms with van der Waals surface area (Å²) in [6, 6.07) is 7.32. The maximum absolute atomic E-state index is 9.85. The van der Waals surface area contributed by atoms with Crippen molar-refractivity contribution >= 4 is 0 Å². The molecule has 86 valence electrons. The van der Waals surface area contributed by atoms with Gasteiger partial charge in [0.25, 0.3) is 0 Å². The lowest BCUT2D eigenvalue weighted by atomic mass is 10.0. The molecule has 0 aliphatic rings. The highest BCUT2D eigenvalue weighted by molar-refractivity contribution is 5.29. The predicted molar refractivity (Wildman–Crippen MR) is 61.2 cm³/mol. The third-order valence-electron chi connectivity index (χ3n) is 2.28. The molecule has 0 heterocycles. The van der Waals surface area contributed by atoms with Crippen molar-refractivity contribution in [1.29, 1.82) is 0 Å². The molecule has 1 aromatic rings. The van der Waals surface area contributed by atoms with E-state index in [0.717, 1.165) is 11.3 Å². The van der Waals surface area contributed by atoms with Crippen LogP contribution in [0.15, 0.2) is 29.4 Å². The van der Waals surface area contributed by atoms with E-state index in [-0.39, 0.29) is 0 Å². The molecule has 5 nitrogen and oxygen atoms in total. The van der Waals surface area contributed by atoms with Gasteiger partial charge in [-0.2, -0.15) is 0 Å². The Morgan fingerprint density at radius 2 is 2.38 bits per heavy atom. The molecular weight excluding hydrogens is 206 g/mol. The van der Waals surface area contributed by atoms with E-state index in [1.807, 2.05) is 18.2 Å². The summed E-state index contributed by atoms with van der Waals surface area (Å²) < 4.78 is 5.07. The molecule has 0 radical (unpaired) electrons. The van der Waals surface area contributed by atoms with Crippen molar-refractivity contribution in [2.75, 3.05) is 13.7 Å². The fourth-order valence-corrected chi connectivity index (χ4v) is 1.42. The quantitative estimate of drug-likeness (QED) is 0.347. The van der Waals surface area contributed by atoms with Crippen molar-refractivity contribution in [3.8, 4) is 5.75 Å². The van der Waals surface area contributed by atoms with E-state index in [1.165, 1.54) is 0 Å². The molecule has 1 unspecified atom stereocenters. The second-order valence-electron chi connectivity index (χ2n) is 3.39. The van der Waals surface area contributed by atoms with Gasteiger partial charge in [-0.05, 0) is 36.1 Å². The number of rotatable bonds is 6. The number of hydrogen-bond acceptors (Lipinski definition) is 3. The van der Waals surface area contributed by atoms with Gasteiger partial charge in [-0.1, -0.05) is 17.2 Å². The highest BCUT2D eigenvalue weighted by atomic mass is 16.5. The molecule has 1 rings (SSSR count). The van der Waals surface area contributed by atoms with Crippen molar-refractivity contribution in [3.05, 3.63) is 40.3 Å². The summed E-state index contributed by atoms with van der Waals surface area (Å²) in [5.41, 5.74) is 8.92. The molecule has 0 amide bonds. The lowest BCUT2D eigenvalue weighted by Crippen LogP contribution is -1.98. The fraction of sp³-hybridized carbons (Fsp3) is 0.455. The lowest BCUT2D eigenvalue weighted by molar-refractivity contribution is 0.165. The third kappa shape index (κ3) is 3.81. The second-order valence-corrected chi connectivity index (χ2v) is 3.39. The zero-order valence-electron chi connectivity index (χ0n) is 9.21. The molecule has 0 aliphatic carbocycles. The van der Waals surface area contributed by atoms with Gasteiger partial charge in [0, 0.05) is 11.5 Å². The Kier molecular flexibility index (Phi) is 5.19. The molecule has 1 N–H and O–H groups in total. The van der Waals surface area contributed by atoms with Crippen LogP contribution in [0.4, 0.5) is 0 Å². The van der Waals surface area contributed by atoms with Crippen LogP contribution in [0.3, 0.4) is 0 Å². The van der Waals surface area contributed by atoms with Crippen LogP contribution in [0.25, 0.3) is 10.4 Å². The average molecular weight is 221 g/mol. The van der Waals surface area contributed by atoms with Crippen molar-refractivity contribution in [1.82, 2.24) is 0 Å². The Bertz CT molecular complexity index is 375. The Labute approximate surface area is 94.3 Å². The summed E-state index contributed by atoms with van der Waals surface area (Å²) in [6.07, 6.45) is 0.707. The highest BCUT2D eigenvalue weighted by Crippen LogP contribution is 2.22. The standard InChI is InChI=1S/C11H15N3O2/c1-16-10-5-2-4-9(8-10)11(15)6-3-7-13-14-12/h2,4-5,8,11,15H,3,6-7H2,1H3. The average Bonchev–Trinajstić information content (AvgIpc) is 2.34. The van der Waals surface area contributed by atoms with Crippen molar-refractivity contribution in [2.24, 2.45) is 5.11 Å². The molecule has 1 atom stereocenters. The normalized spacial score (nSPS) is 11.6. The first-order chi connectivity index (χ1) is 7.77. The van der Waals surface area contributed by atoms with Gasteiger partial charge in [0.05, 0.1) is 13.2 Å². The molecule has 5 heteroatoms. The molecule has 0 saturated heterocycles. The topological polar surface area (TPSA) is 78.2 Å². The van der Waals surface area contributed by atoms with Crippen LogP contribution >= 0.6 is 0 Å². The van der Waals surface area contributed by atoms with Gasteiger partial charge in [0.2, 0.25) is 0 Å². The minimum atomic E-state index is -0.538. The Morgan fingerprint density at radius 3 is 3.06 bits per heavy atom. The van der Waals surface area contributed by atoms with Crippen LogP contribution in [0.5, 0.6) is 5.75 Å². The van der Waals surface area contributed by atoms with Gasteiger partial charge in [0.15, 0.2) is 0 Å².